The minimum atomic E-state index is -3.34. The van der Waals surface area contributed by atoms with Gasteiger partial charge in [0.05, 0.1) is 12.1 Å². The highest BCUT2D eigenvalue weighted by Crippen LogP contribution is 2.34. The van der Waals surface area contributed by atoms with Gasteiger partial charge in [0.1, 0.15) is 0 Å². The first-order chi connectivity index (χ1) is 12.8. The third kappa shape index (κ3) is 8.82. The van der Waals surface area contributed by atoms with Crippen LogP contribution in [0.2, 0.25) is 0 Å². The molecule has 0 aromatic carbocycles. The molecule has 0 aliphatic carbocycles. The normalized spacial score (nSPS) is 20.5. The second kappa shape index (κ2) is 12.1. The fraction of sp³-hybridized carbons (Fsp3) is 0.800. The number of aliphatic carboxylic acids is 1. The molecule has 0 saturated carbocycles. The van der Waals surface area contributed by atoms with Crippen molar-refractivity contribution >= 4 is 11.9 Å². The van der Waals surface area contributed by atoms with Crippen LogP contribution < -0.4 is 0 Å². The lowest BCUT2D eigenvalue weighted by Gasteiger charge is -2.22. The number of amides is 1. The smallest absolute Gasteiger partial charge is 0.327 e. The van der Waals surface area contributed by atoms with E-state index in [1.165, 1.54) is 11.0 Å². The molecule has 0 spiro atoms. The van der Waals surface area contributed by atoms with E-state index in [0.717, 1.165) is 38.5 Å². The number of rotatable bonds is 14. The zero-order valence-electron chi connectivity index (χ0n) is 16.2. The number of hydrogen-bond acceptors (Lipinski definition) is 3. The van der Waals surface area contributed by atoms with E-state index in [1.807, 2.05) is 0 Å². The molecule has 27 heavy (non-hydrogen) atoms. The average Bonchev–Trinajstić information content (AvgIpc) is 2.82. The largest absolute Gasteiger partial charge is 0.481 e. The molecule has 7 heteroatoms. The number of aliphatic hydroxyl groups is 1. The van der Waals surface area contributed by atoms with Crippen molar-refractivity contribution in [3.8, 4) is 0 Å². The van der Waals surface area contributed by atoms with Crippen LogP contribution in [0.1, 0.15) is 77.6 Å². The third-order valence-electron chi connectivity index (χ3n) is 4.89. The van der Waals surface area contributed by atoms with Gasteiger partial charge in [-0.05, 0) is 19.3 Å². The number of hydrogen-bond donors (Lipinski definition) is 2. The maximum absolute atomic E-state index is 13.8. The van der Waals surface area contributed by atoms with Gasteiger partial charge in [0, 0.05) is 19.4 Å². The van der Waals surface area contributed by atoms with Crippen molar-refractivity contribution in [1.29, 1.82) is 0 Å². The van der Waals surface area contributed by atoms with E-state index in [2.05, 4.69) is 6.92 Å². The first kappa shape index (κ1) is 23.5. The quantitative estimate of drug-likeness (QED) is 0.346. The molecular formula is C20H33F2NO4. The molecule has 2 atom stereocenters. The first-order valence-electron chi connectivity index (χ1n) is 10.0. The van der Waals surface area contributed by atoms with Gasteiger partial charge in [0.2, 0.25) is 0 Å². The summed E-state index contributed by atoms with van der Waals surface area (Å²) in [5.41, 5.74) is 0. The van der Waals surface area contributed by atoms with E-state index in [-0.39, 0.29) is 13.0 Å². The Morgan fingerprint density at radius 1 is 1.22 bits per heavy atom. The Hall–Kier alpha value is -1.50. The van der Waals surface area contributed by atoms with E-state index in [0.29, 0.717) is 19.3 Å². The van der Waals surface area contributed by atoms with Crippen molar-refractivity contribution < 1.29 is 28.6 Å². The van der Waals surface area contributed by atoms with Gasteiger partial charge in [-0.1, -0.05) is 57.6 Å². The summed E-state index contributed by atoms with van der Waals surface area (Å²) in [4.78, 5) is 23.6. The second-order valence-corrected chi connectivity index (χ2v) is 7.33. The molecule has 1 rings (SSSR count). The van der Waals surface area contributed by atoms with Crippen LogP contribution >= 0.6 is 0 Å². The Morgan fingerprint density at radius 2 is 1.89 bits per heavy atom. The first-order valence-corrected chi connectivity index (χ1v) is 10.0. The van der Waals surface area contributed by atoms with Gasteiger partial charge in [0.15, 0.2) is 0 Å². The van der Waals surface area contributed by atoms with E-state index < -0.39 is 36.4 Å². The maximum Gasteiger partial charge on any atom is 0.327 e. The van der Waals surface area contributed by atoms with E-state index >= 15 is 0 Å². The number of unbranched alkanes of at least 4 members (excludes halogenated alkanes) is 6. The van der Waals surface area contributed by atoms with Crippen LogP contribution in [-0.4, -0.2) is 51.6 Å². The average molecular weight is 389 g/mol. The highest BCUT2D eigenvalue weighted by atomic mass is 19.3. The summed E-state index contributed by atoms with van der Waals surface area (Å²) in [6.07, 6.45) is 9.14. The molecule has 0 radical (unpaired) electrons. The van der Waals surface area contributed by atoms with Crippen LogP contribution in [0.15, 0.2) is 12.2 Å². The number of halogens is 2. The Bertz CT molecular complexity index is 496. The van der Waals surface area contributed by atoms with E-state index in [1.54, 1.807) is 6.08 Å². The van der Waals surface area contributed by atoms with Crippen LogP contribution in [0.4, 0.5) is 8.78 Å². The molecule has 0 aromatic rings. The van der Waals surface area contributed by atoms with Crippen molar-refractivity contribution in [2.45, 2.75) is 95.6 Å². The molecule has 0 unspecified atom stereocenters. The molecule has 156 valence electrons. The second-order valence-electron chi connectivity index (χ2n) is 7.33. The monoisotopic (exact) mass is 389 g/mol. The predicted octanol–water partition coefficient (Wildman–Crippen LogP) is 4.15. The predicted molar refractivity (Wildman–Crippen MR) is 99.7 cm³/mol. The molecule has 2 N–H and O–H groups in total. The number of nitrogens with zero attached hydrogens (tertiary/aromatic N) is 1. The lowest BCUT2D eigenvalue weighted by atomic mass is 10.1. The zero-order chi connectivity index (χ0) is 20.3. The van der Waals surface area contributed by atoms with Gasteiger partial charge < -0.3 is 15.1 Å². The van der Waals surface area contributed by atoms with Gasteiger partial charge in [-0.3, -0.25) is 9.59 Å². The number of likely N-dealkylation sites (tertiary alicyclic amines) is 1. The van der Waals surface area contributed by atoms with Crippen molar-refractivity contribution in [2.75, 3.05) is 6.54 Å². The number of aliphatic hydroxyl groups excluding tert-OH is 1. The molecular weight excluding hydrogens is 356 g/mol. The molecule has 1 fully saturated rings. The van der Waals surface area contributed by atoms with Crippen LogP contribution in [0.3, 0.4) is 0 Å². The van der Waals surface area contributed by atoms with Gasteiger partial charge in [-0.15, -0.1) is 0 Å². The summed E-state index contributed by atoms with van der Waals surface area (Å²) < 4.78 is 27.6. The summed E-state index contributed by atoms with van der Waals surface area (Å²) in [6, 6.07) is -0.680. The lowest BCUT2D eigenvalue weighted by Crippen LogP contribution is -2.36. The Morgan fingerprint density at radius 3 is 2.56 bits per heavy atom. The van der Waals surface area contributed by atoms with Crippen LogP contribution in [0.25, 0.3) is 0 Å². The standard InChI is InChI=1S/C20H33F2NO4/c1-2-3-7-10-17(24)13-12-16-15-20(21,22)19(27)23(16)14-9-6-4-5-8-11-18(25)26/h12-13,16-17,24H,2-11,14-15H2,1H3,(H,25,26)/b13-12+/t16-,17+/m0/s1. The number of carboxylic acid groups (broad SMARTS) is 1. The third-order valence-corrected chi connectivity index (χ3v) is 4.89. The van der Waals surface area contributed by atoms with E-state index in [9.17, 15) is 23.5 Å². The zero-order valence-corrected chi connectivity index (χ0v) is 16.2. The molecule has 1 heterocycles. The topological polar surface area (TPSA) is 77.8 Å². The minimum Gasteiger partial charge on any atom is -0.481 e. The Kier molecular flexibility index (Phi) is 10.5. The molecule has 1 aliphatic heterocycles. The Labute approximate surface area is 160 Å². The molecule has 1 saturated heterocycles. The van der Waals surface area contributed by atoms with Gasteiger partial charge in [0.25, 0.3) is 5.91 Å². The van der Waals surface area contributed by atoms with Crippen LogP contribution in [0.5, 0.6) is 0 Å². The van der Waals surface area contributed by atoms with Crippen molar-refractivity contribution in [3.63, 3.8) is 0 Å². The highest BCUT2D eigenvalue weighted by Gasteiger charge is 2.52. The molecule has 0 bridgehead atoms. The fourth-order valence-electron chi connectivity index (χ4n) is 3.31. The molecule has 1 amide bonds. The summed E-state index contributed by atoms with van der Waals surface area (Å²) in [5.74, 6) is -5.29. The Balaban J connectivity index is 2.43. The van der Waals surface area contributed by atoms with Crippen LogP contribution in [0, 0.1) is 0 Å². The number of carbonyl (C=O) groups is 2. The van der Waals surface area contributed by atoms with Gasteiger partial charge in [-0.25, -0.2) is 0 Å². The highest BCUT2D eigenvalue weighted by molar-refractivity contribution is 5.86. The molecule has 1 aliphatic rings. The summed E-state index contributed by atoms with van der Waals surface area (Å²) >= 11 is 0. The summed E-state index contributed by atoms with van der Waals surface area (Å²) in [5, 5.41) is 18.5. The fourth-order valence-corrected chi connectivity index (χ4v) is 3.31. The summed E-state index contributed by atoms with van der Waals surface area (Å²) in [6.45, 7) is 2.33. The van der Waals surface area contributed by atoms with Crippen molar-refractivity contribution in [1.82, 2.24) is 4.90 Å². The minimum absolute atomic E-state index is 0.143. The van der Waals surface area contributed by atoms with Crippen LogP contribution in [-0.2, 0) is 9.59 Å². The molecule has 0 aromatic heterocycles. The maximum atomic E-state index is 13.8. The lowest BCUT2D eigenvalue weighted by molar-refractivity contribution is -0.148. The van der Waals surface area contributed by atoms with Crippen molar-refractivity contribution in [2.24, 2.45) is 0 Å². The van der Waals surface area contributed by atoms with Crippen molar-refractivity contribution in [3.05, 3.63) is 12.2 Å². The van der Waals surface area contributed by atoms with Gasteiger partial charge in [-0.2, -0.15) is 8.78 Å². The van der Waals surface area contributed by atoms with E-state index in [4.69, 9.17) is 5.11 Å². The molecule has 5 nitrogen and oxygen atoms in total. The number of carboxylic acids is 1. The van der Waals surface area contributed by atoms with Gasteiger partial charge >= 0.3 is 11.9 Å². The SMILES string of the molecule is CCCCC[C@@H](O)/C=C/[C@H]1CC(F)(F)C(=O)N1CCCCCCCC(=O)O. The number of alkyl halides is 2. The summed E-state index contributed by atoms with van der Waals surface area (Å²) in [7, 11) is 0. The number of carbonyl (C=O) groups excluding carboxylic acids is 1.